The molecule has 1 aliphatic rings. The third-order valence-corrected chi connectivity index (χ3v) is 4.67. The summed E-state index contributed by atoms with van der Waals surface area (Å²) in [5, 5.41) is 4.99. The number of benzene rings is 1. The molecule has 0 radical (unpaired) electrons. The molecule has 0 bridgehead atoms. The van der Waals surface area contributed by atoms with Gasteiger partial charge < -0.3 is 24.0 Å². The number of rotatable bonds is 5. The van der Waals surface area contributed by atoms with Crippen molar-refractivity contribution in [3.05, 3.63) is 30.4 Å². The molecular weight excluding hydrogens is 346 g/mol. The van der Waals surface area contributed by atoms with Crippen LogP contribution in [0.3, 0.4) is 0 Å². The van der Waals surface area contributed by atoms with Crippen molar-refractivity contribution >= 4 is 28.4 Å². The molecule has 1 fully saturated rings. The van der Waals surface area contributed by atoms with Crippen LogP contribution in [-0.2, 0) is 11.3 Å². The van der Waals surface area contributed by atoms with Crippen molar-refractivity contribution in [2.24, 2.45) is 0 Å². The second kappa shape index (κ2) is 7.36. The largest absolute Gasteiger partial charge is 0.377 e. The van der Waals surface area contributed by atoms with Crippen molar-refractivity contribution in [1.29, 1.82) is 0 Å². The zero-order valence-electron chi connectivity index (χ0n) is 15.8. The van der Waals surface area contributed by atoms with Gasteiger partial charge in [0.1, 0.15) is 18.8 Å². The fourth-order valence-corrected chi connectivity index (χ4v) is 3.30. The Labute approximate surface area is 157 Å². The zero-order valence-corrected chi connectivity index (χ0v) is 15.8. The van der Waals surface area contributed by atoms with Crippen LogP contribution < -0.4 is 14.7 Å². The first kappa shape index (κ1) is 17.5. The number of aromatic nitrogens is 4. The monoisotopic (exact) mass is 369 g/mol. The van der Waals surface area contributed by atoms with Gasteiger partial charge in [-0.15, -0.1) is 0 Å². The van der Waals surface area contributed by atoms with Gasteiger partial charge in [-0.25, -0.2) is 9.97 Å². The fraction of sp³-hybridized carbons (Fsp3) is 0.444. The maximum absolute atomic E-state index is 5.34. The molecule has 3 aromatic rings. The van der Waals surface area contributed by atoms with Crippen molar-refractivity contribution in [2.45, 2.75) is 6.61 Å². The summed E-state index contributed by atoms with van der Waals surface area (Å²) in [5.74, 6) is 1.50. The molecule has 0 amide bonds. The van der Waals surface area contributed by atoms with Crippen LogP contribution in [0.25, 0.3) is 10.9 Å². The summed E-state index contributed by atoms with van der Waals surface area (Å²) in [5.41, 5.74) is 2.12. The third-order valence-electron chi connectivity index (χ3n) is 4.67. The van der Waals surface area contributed by atoms with Crippen molar-refractivity contribution < 1.29 is 9.26 Å². The van der Waals surface area contributed by atoms with E-state index in [9.17, 15) is 0 Å². The minimum Gasteiger partial charge on any atom is -0.377 e. The highest BCUT2D eigenvalue weighted by atomic mass is 16.5. The van der Waals surface area contributed by atoms with E-state index in [0.29, 0.717) is 18.4 Å². The lowest BCUT2D eigenvalue weighted by Gasteiger charge is -2.35. The van der Waals surface area contributed by atoms with Gasteiger partial charge in [0.15, 0.2) is 5.82 Å². The van der Waals surface area contributed by atoms with Crippen LogP contribution in [0, 0.1) is 0 Å². The summed E-state index contributed by atoms with van der Waals surface area (Å²) in [7, 11) is 5.61. The summed E-state index contributed by atoms with van der Waals surface area (Å²) in [4.78, 5) is 19.6. The van der Waals surface area contributed by atoms with Crippen LogP contribution >= 0.6 is 0 Å². The molecular formula is C18H23N7O2. The van der Waals surface area contributed by atoms with Crippen molar-refractivity contribution in [3.8, 4) is 0 Å². The summed E-state index contributed by atoms with van der Waals surface area (Å²) >= 11 is 0. The van der Waals surface area contributed by atoms with Crippen LogP contribution in [0.15, 0.2) is 29.0 Å². The Morgan fingerprint density at radius 2 is 1.89 bits per heavy atom. The molecule has 1 aromatic carbocycles. The van der Waals surface area contributed by atoms with Crippen molar-refractivity contribution in [1.82, 2.24) is 20.1 Å². The van der Waals surface area contributed by atoms with Gasteiger partial charge in [-0.3, -0.25) is 0 Å². The number of piperazine rings is 1. The Bertz CT molecular complexity index is 919. The van der Waals surface area contributed by atoms with E-state index in [1.807, 2.05) is 19.0 Å². The van der Waals surface area contributed by atoms with Gasteiger partial charge in [-0.1, -0.05) is 5.16 Å². The third kappa shape index (κ3) is 3.50. The predicted molar refractivity (Wildman–Crippen MR) is 103 cm³/mol. The number of hydrogen-bond acceptors (Lipinski definition) is 9. The highest BCUT2D eigenvalue weighted by molar-refractivity contribution is 5.91. The van der Waals surface area contributed by atoms with Crippen LogP contribution in [-0.4, -0.2) is 67.5 Å². The van der Waals surface area contributed by atoms with Crippen molar-refractivity contribution in [3.63, 3.8) is 0 Å². The zero-order chi connectivity index (χ0) is 18.8. The Morgan fingerprint density at radius 3 is 2.63 bits per heavy atom. The number of hydrogen-bond donors (Lipinski definition) is 0. The predicted octanol–water partition coefficient (Wildman–Crippen LogP) is 1.55. The van der Waals surface area contributed by atoms with E-state index in [-0.39, 0.29) is 0 Å². The molecule has 142 valence electrons. The molecule has 0 saturated carbocycles. The summed E-state index contributed by atoms with van der Waals surface area (Å²) in [6, 6.07) is 6.90. The summed E-state index contributed by atoms with van der Waals surface area (Å²) in [6.07, 6.45) is 1.61. The van der Waals surface area contributed by atoms with Crippen LogP contribution in [0.1, 0.15) is 5.82 Å². The number of nitrogens with zero attached hydrogens (tertiary/aromatic N) is 7. The second-order valence-corrected chi connectivity index (χ2v) is 6.69. The lowest BCUT2D eigenvalue weighted by atomic mass is 10.1. The SMILES string of the molecule is COCc1noc(N2CCN(c3ccc4ncnc(N(C)C)c4c3)CC2)n1. The lowest BCUT2D eigenvalue weighted by Crippen LogP contribution is -2.46. The Hall–Kier alpha value is -2.94. The van der Waals surface area contributed by atoms with E-state index >= 15 is 0 Å². The maximum Gasteiger partial charge on any atom is 0.324 e. The van der Waals surface area contributed by atoms with Gasteiger partial charge in [0.05, 0.1) is 5.52 Å². The maximum atomic E-state index is 5.34. The lowest BCUT2D eigenvalue weighted by molar-refractivity contribution is 0.174. The molecule has 9 heteroatoms. The van der Waals surface area contributed by atoms with E-state index in [2.05, 4.69) is 48.1 Å². The Morgan fingerprint density at radius 1 is 1.11 bits per heavy atom. The molecule has 0 unspecified atom stereocenters. The minimum atomic E-state index is 0.358. The number of fused-ring (bicyclic) bond motifs is 1. The first-order valence-electron chi connectivity index (χ1n) is 8.89. The molecule has 0 atom stereocenters. The Balaban J connectivity index is 1.50. The highest BCUT2D eigenvalue weighted by Crippen LogP contribution is 2.27. The molecule has 1 aliphatic heterocycles. The smallest absolute Gasteiger partial charge is 0.324 e. The molecule has 2 aromatic heterocycles. The van der Waals surface area contributed by atoms with E-state index in [0.717, 1.165) is 42.9 Å². The van der Waals surface area contributed by atoms with E-state index < -0.39 is 0 Å². The molecule has 9 nitrogen and oxygen atoms in total. The van der Waals surface area contributed by atoms with Gasteiger partial charge in [-0.05, 0) is 18.2 Å². The standard InChI is InChI=1S/C18H23N7O2/c1-23(2)17-14-10-13(4-5-15(14)19-12-20-17)24-6-8-25(9-7-24)18-21-16(11-26-3)22-27-18/h4-5,10,12H,6-9,11H2,1-3H3. The van der Waals surface area contributed by atoms with Crippen LogP contribution in [0.4, 0.5) is 17.5 Å². The molecule has 4 rings (SSSR count). The van der Waals surface area contributed by atoms with Gasteiger partial charge in [-0.2, -0.15) is 4.98 Å². The highest BCUT2D eigenvalue weighted by Gasteiger charge is 2.22. The normalized spacial score (nSPS) is 14.8. The number of methoxy groups -OCH3 is 1. The topological polar surface area (TPSA) is 83.7 Å². The van der Waals surface area contributed by atoms with Crippen LogP contribution in [0.5, 0.6) is 0 Å². The summed E-state index contributed by atoms with van der Waals surface area (Å²) < 4.78 is 10.4. The molecule has 1 saturated heterocycles. The average molecular weight is 369 g/mol. The van der Waals surface area contributed by atoms with Crippen LogP contribution in [0.2, 0.25) is 0 Å². The quantitative estimate of drug-likeness (QED) is 0.665. The average Bonchev–Trinajstić information content (AvgIpc) is 3.16. The molecule has 3 heterocycles. The molecule has 0 aliphatic carbocycles. The van der Waals surface area contributed by atoms with E-state index in [1.54, 1.807) is 13.4 Å². The number of ether oxygens (including phenoxy) is 1. The molecule has 27 heavy (non-hydrogen) atoms. The van der Waals surface area contributed by atoms with Gasteiger partial charge >= 0.3 is 6.01 Å². The molecule has 0 N–H and O–H groups in total. The Kier molecular flexibility index (Phi) is 4.76. The van der Waals surface area contributed by atoms with Gasteiger partial charge in [0, 0.05) is 58.5 Å². The van der Waals surface area contributed by atoms with E-state index in [4.69, 9.17) is 9.26 Å². The van der Waals surface area contributed by atoms with Gasteiger partial charge in [0.2, 0.25) is 0 Å². The van der Waals surface area contributed by atoms with Crippen molar-refractivity contribution in [2.75, 3.05) is 62.1 Å². The summed E-state index contributed by atoms with van der Waals surface area (Å²) in [6.45, 7) is 3.74. The second-order valence-electron chi connectivity index (χ2n) is 6.69. The van der Waals surface area contributed by atoms with Gasteiger partial charge in [0.25, 0.3) is 0 Å². The van der Waals surface area contributed by atoms with E-state index in [1.165, 1.54) is 5.69 Å². The first-order chi connectivity index (χ1) is 13.2. The molecule has 0 spiro atoms. The number of anilines is 3. The first-order valence-corrected chi connectivity index (χ1v) is 8.89. The minimum absolute atomic E-state index is 0.358. The fourth-order valence-electron chi connectivity index (χ4n) is 3.30.